The van der Waals surface area contributed by atoms with Crippen LogP contribution in [0, 0.1) is 55.4 Å². The van der Waals surface area contributed by atoms with Gasteiger partial charge in [-0.15, -0.1) is 0 Å². The number of nitrogens with one attached hydrogen (secondary N) is 1. The van der Waals surface area contributed by atoms with Crippen molar-refractivity contribution < 1.29 is 19.0 Å². The van der Waals surface area contributed by atoms with E-state index in [-0.39, 0.29) is 6.04 Å². The predicted octanol–water partition coefficient (Wildman–Crippen LogP) is 9.12. The van der Waals surface area contributed by atoms with Gasteiger partial charge in [0.2, 0.25) is 0 Å². The lowest BCUT2D eigenvalue weighted by Crippen LogP contribution is -2.32. The Hall–Kier alpha value is -3.11. The number of aryl methyl sites for hydroxylation is 6. The fourth-order valence-electron chi connectivity index (χ4n) is 4.77. The number of pyridine rings is 2. The van der Waals surface area contributed by atoms with Crippen molar-refractivity contribution in [2.45, 2.75) is 75.3 Å². The first-order chi connectivity index (χ1) is 24.6. The summed E-state index contributed by atoms with van der Waals surface area (Å²) in [5, 5.41) is 5.07. The normalized spacial score (nSPS) is 9.71. The summed E-state index contributed by atoms with van der Waals surface area (Å²) in [5.41, 5.74) is 11.6. The van der Waals surface area contributed by atoms with Crippen molar-refractivity contribution in [1.29, 1.82) is 0 Å². The zero-order chi connectivity index (χ0) is 39.5. The Balaban J connectivity index is 0.000000368. The number of amides is 1. The van der Waals surface area contributed by atoms with Crippen LogP contribution >= 0.6 is 0 Å². The molecule has 2 aromatic heterocycles. The summed E-state index contributed by atoms with van der Waals surface area (Å²) in [4.78, 5) is 20.6. The van der Waals surface area contributed by atoms with E-state index >= 15 is 0 Å². The fraction of sp³-hybridized carbons (Fsp3) is 0.342. The molecule has 0 aliphatic carbocycles. The molecule has 280 valence electrons. The molecule has 0 saturated heterocycles. The van der Waals surface area contributed by atoms with Gasteiger partial charge < -0.3 is 19.5 Å². The van der Waals surface area contributed by atoms with Crippen LogP contribution in [0.3, 0.4) is 0 Å². The number of carbonyl (C=O) groups is 1. The maximum absolute atomic E-state index is 11.4. The summed E-state index contributed by atoms with van der Waals surface area (Å²) in [6.45, 7) is 20.3. The zero-order valence-corrected chi connectivity index (χ0v) is 37.4. The van der Waals surface area contributed by atoms with E-state index in [0.29, 0.717) is 5.75 Å². The Morgan fingerprint density at radius 2 is 1.12 bits per heavy atom. The van der Waals surface area contributed by atoms with Gasteiger partial charge in [-0.25, -0.2) is 4.79 Å². The van der Waals surface area contributed by atoms with Crippen LogP contribution in [-0.4, -0.2) is 36.3 Å². The van der Waals surface area contributed by atoms with Gasteiger partial charge in [-0.1, -0.05) is 24.3 Å². The van der Waals surface area contributed by atoms with Gasteiger partial charge in [0.15, 0.2) is 0 Å². The molecule has 0 aliphatic rings. The summed E-state index contributed by atoms with van der Waals surface area (Å²) >= 11 is 16.9. The molecule has 3 aromatic carbocycles. The van der Waals surface area contributed by atoms with Crippen LogP contribution < -0.4 is 19.5 Å². The lowest BCUT2D eigenvalue weighted by molar-refractivity contribution is 0.197. The quantitative estimate of drug-likeness (QED) is 0.177. The van der Waals surface area contributed by atoms with Gasteiger partial charge in [-0.2, -0.15) is 0 Å². The first-order valence-corrected chi connectivity index (χ1v) is 22.6. The smallest absolute Gasteiger partial charge is 0.412 e. The molecule has 1 N–H and O–H groups in total. The van der Waals surface area contributed by atoms with Crippen molar-refractivity contribution in [3.8, 4) is 17.2 Å². The summed E-state index contributed by atoms with van der Waals surface area (Å²) in [5.74, 6) is 2.18. The molecule has 5 aromatic rings. The van der Waals surface area contributed by atoms with E-state index in [1.165, 1.54) is 61.9 Å². The second kappa shape index (κ2) is 24.3. The monoisotopic (exact) mass is 833 g/mol. The van der Waals surface area contributed by atoms with Gasteiger partial charge in [0.1, 0.15) is 17.2 Å². The number of methoxy groups -OCH3 is 2. The Bertz CT molecular complexity index is 2030. The highest BCUT2D eigenvalue weighted by atomic mass is 33.2. The number of hydrogen-bond acceptors (Lipinski definition) is 10. The molecule has 14 heteroatoms. The molecule has 0 bridgehead atoms. The lowest BCUT2D eigenvalue weighted by Gasteiger charge is -2.12. The van der Waals surface area contributed by atoms with Crippen LogP contribution in [0.2, 0.25) is 0 Å². The molecule has 0 spiro atoms. The van der Waals surface area contributed by atoms with Crippen LogP contribution in [0.5, 0.6) is 17.2 Å². The SMILES string of the molecule is COc1cc(OC(=O)NC(C)C)cc(C)c1C.COc1cccc(C)c1C.Cc1cnc2c(ccc3c(C)c(C)cnc32)c1C.S=S=S.S=S=S=S. The van der Waals surface area contributed by atoms with Crippen molar-refractivity contribution in [2.24, 2.45) is 0 Å². The van der Waals surface area contributed by atoms with Gasteiger partial charge in [-0.05, 0) is 126 Å². The summed E-state index contributed by atoms with van der Waals surface area (Å²) in [6, 6.07) is 14.0. The largest absolute Gasteiger partial charge is 0.496 e. The van der Waals surface area contributed by atoms with Crippen molar-refractivity contribution in [3.05, 3.63) is 99.4 Å². The van der Waals surface area contributed by atoms with Gasteiger partial charge in [0, 0.05) is 107 Å². The average molecular weight is 834 g/mol. The minimum absolute atomic E-state index is 0.0518. The van der Waals surface area contributed by atoms with Gasteiger partial charge in [0.25, 0.3) is 0 Å². The van der Waals surface area contributed by atoms with E-state index in [2.05, 4.69) is 120 Å². The summed E-state index contributed by atoms with van der Waals surface area (Å²) in [6.07, 6.45) is 3.42. The number of hydrogen-bond donors (Lipinski definition) is 1. The van der Waals surface area contributed by atoms with Crippen LogP contribution in [0.15, 0.2) is 54.9 Å². The van der Waals surface area contributed by atoms with Crippen molar-refractivity contribution >= 4 is 99.3 Å². The number of rotatable bonds is 4. The average Bonchev–Trinajstić information content (AvgIpc) is 3.11. The van der Waals surface area contributed by atoms with E-state index in [0.717, 1.165) is 42.5 Å². The van der Waals surface area contributed by atoms with E-state index in [9.17, 15) is 4.79 Å². The molecule has 52 heavy (non-hydrogen) atoms. The number of nitrogens with zero attached hydrogens (tertiary/aromatic N) is 2. The first-order valence-electron chi connectivity index (χ1n) is 16.0. The highest BCUT2D eigenvalue weighted by Gasteiger charge is 2.11. The van der Waals surface area contributed by atoms with Gasteiger partial charge in [-0.3, -0.25) is 9.97 Å². The van der Waals surface area contributed by atoms with Crippen LogP contribution in [-0.2, 0) is 71.4 Å². The molecule has 1 amide bonds. The third kappa shape index (κ3) is 14.4. The van der Waals surface area contributed by atoms with Crippen LogP contribution in [0.1, 0.15) is 58.4 Å². The third-order valence-electron chi connectivity index (χ3n) is 8.15. The van der Waals surface area contributed by atoms with E-state index < -0.39 is 6.09 Å². The predicted molar refractivity (Wildman–Crippen MR) is 237 cm³/mol. The number of benzene rings is 3. The Morgan fingerprint density at radius 1 is 0.654 bits per heavy atom. The molecular weight excluding hydrogens is 787 g/mol. The molecule has 2 heterocycles. The van der Waals surface area contributed by atoms with E-state index in [1.807, 2.05) is 58.3 Å². The maximum Gasteiger partial charge on any atom is 0.412 e. The lowest BCUT2D eigenvalue weighted by atomic mass is 10.0. The molecule has 0 atom stereocenters. The standard InChI is InChI=1S/C16H16N2.C13H19NO3.C9H12O.S4.S3/c1-9-7-17-15-13(11(9)3)5-6-14-12(4)10(2)8-18-16(14)15;1-8(2)14-13(15)17-11-6-9(3)10(4)12(7-11)16-5;1-7-5-4-6-9(10-3)8(7)2;1-3-4-2;1-3-2/h5-8H,1-4H3;6-8H,1-5H3,(H,14,15);4-6H,1-3H3;;. The Kier molecular flexibility index (Phi) is 21.9. The Morgan fingerprint density at radius 3 is 1.52 bits per heavy atom. The van der Waals surface area contributed by atoms with Crippen LogP contribution in [0.4, 0.5) is 4.79 Å². The molecule has 0 aliphatic heterocycles. The second-order valence-electron chi connectivity index (χ2n) is 11.9. The molecule has 0 saturated carbocycles. The zero-order valence-electron chi connectivity index (χ0n) is 31.7. The highest BCUT2D eigenvalue weighted by Crippen LogP contribution is 2.29. The van der Waals surface area contributed by atoms with Crippen molar-refractivity contribution in [2.75, 3.05) is 14.2 Å². The van der Waals surface area contributed by atoms with E-state index in [1.54, 1.807) is 20.3 Å². The minimum atomic E-state index is -0.453. The van der Waals surface area contributed by atoms with E-state index in [4.69, 9.17) is 14.2 Å². The molecule has 0 fully saturated rings. The topological polar surface area (TPSA) is 82.6 Å². The highest BCUT2D eigenvalue weighted by molar-refractivity contribution is 8.51. The van der Waals surface area contributed by atoms with Crippen molar-refractivity contribution in [3.63, 3.8) is 0 Å². The number of carbonyl (C=O) groups excluding carboxylic acids is 1. The summed E-state index contributed by atoms with van der Waals surface area (Å²) in [7, 11) is 6.55. The van der Waals surface area contributed by atoms with Crippen molar-refractivity contribution in [1.82, 2.24) is 15.3 Å². The molecular formula is C38H47N3O4S7. The Labute approximate surface area is 337 Å². The maximum atomic E-state index is 11.4. The summed E-state index contributed by atoms with van der Waals surface area (Å²) < 4.78 is 15.5. The number of fused-ring (bicyclic) bond motifs is 3. The molecule has 5 rings (SSSR count). The number of ether oxygens (including phenoxy) is 3. The van der Waals surface area contributed by atoms with Crippen LogP contribution in [0.25, 0.3) is 21.8 Å². The van der Waals surface area contributed by atoms with Gasteiger partial charge >= 0.3 is 6.09 Å². The fourth-order valence-corrected chi connectivity index (χ4v) is 4.77. The van der Waals surface area contributed by atoms with Gasteiger partial charge in [0.05, 0.1) is 25.3 Å². The second-order valence-corrected chi connectivity index (χ2v) is 17.2. The molecule has 7 nitrogen and oxygen atoms in total. The first kappa shape index (κ1) is 46.9. The third-order valence-corrected chi connectivity index (χ3v) is 10.4. The number of aromatic nitrogens is 2. The minimum Gasteiger partial charge on any atom is -0.496 e. The molecule has 0 unspecified atom stereocenters. The molecule has 0 radical (unpaired) electrons.